The van der Waals surface area contributed by atoms with Crippen LogP contribution in [0.5, 0.6) is 5.75 Å². The van der Waals surface area contributed by atoms with Crippen LogP contribution in [0.15, 0.2) is 34.0 Å². The number of benzene rings is 1. The molecule has 2 heterocycles. The van der Waals surface area contributed by atoms with E-state index in [1.54, 1.807) is 14.0 Å². The van der Waals surface area contributed by atoms with Crippen LogP contribution < -0.4 is 15.8 Å². The van der Waals surface area contributed by atoms with Gasteiger partial charge in [-0.15, -0.1) is 0 Å². The summed E-state index contributed by atoms with van der Waals surface area (Å²) in [6, 6.07) is 7.96. The number of ether oxygens (including phenoxy) is 1. The number of oxazole rings is 1. The van der Waals surface area contributed by atoms with Gasteiger partial charge in [-0.25, -0.2) is 4.98 Å². The number of allylic oxidation sites excluding steroid dienone is 1. The van der Waals surface area contributed by atoms with Crippen molar-refractivity contribution in [1.29, 1.82) is 5.26 Å². The molecule has 6 nitrogen and oxygen atoms in total. The van der Waals surface area contributed by atoms with Crippen molar-refractivity contribution < 1.29 is 9.15 Å². The molecule has 0 amide bonds. The first-order valence-electron chi connectivity index (χ1n) is 6.83. The summed E-state index contributed by atoms with van der Waals surface area (Å²) in [5.74, 6) is 1.77. The molecule has 0 unspecified atom stereocenters. The Bertz CT molecular complexity index is 814. The van der Waals surface area contributed by atoms with Gasteiger partial charge in [0.25, 0.3) is 0 Å². The lowest BCUT2D eigenvalue weighted by Crippen LogP contribution is -2.22. The third-order valence-electron chi connectivity index (χ3n) is 3.73. The zero-order valence-electron chi connectivity index (χ0n) is 12.6. The molecule has 3 rings (SSSR count). The monoisotopic (exact) mass is 296 g/mol. The van der Waals surface area contributed by atoms with E-state index in [1.807, 2.05) is 25.1 Å². The number of hydrogen-bond acceptors (Lipinski definition) is 6. The van der Waals surface area contributed by atoms with E-state index in [-0.39, 0.29) is 5.92 Å². The second-order valence-corrected chi connectivity index (χ2v) is 5.17. The predicted octanol–water partition coefficient (Wildman–Crippen LogP) is 2.55. The Morgan fingerprint density at radius 3 is 2.82 bits per heavy atom. The number of aromatic nitrogens is 1. The SMILES string of the molecule is COc1ccc([C@@H]2C(C#N)=C(N)Nc3oc(C)nc32)cc1C. The number of rotatable bonds is 2. The van der Waals surface area contributed by atoms with E-state index in [0.29, 0.717) is 28.9 Å². The molecule has 112 valence electrons. The molecule has 0 spiro atoms. The van der Waals surface area contributed by atoms with Gasteiger partial charge < -0.3 is 20.2 Å². The maximum atomic E-state index is 9.48. The van der Waals surface area contributed by atoms with Crippen LogP contribution in [0, 0.1) is 25.2 Å². The number of anilines is 1. The summed E-state index contributed by atoms with van der Waals surface area (Å²) in [5.41, 5.74) is 8.99. The first-order chi connectivity index (χ1) is 10.5. The molecule has 22 heavy (non-hydrogen) atoms. The van der Waals surface area contributed by atoms with E-state index in [0.717, 1.165) is 16.9 Å². The Labute approximate surface area is 128 Å². The molecule has 1 aromatic carbocycles. The minimum absolute atomic E-state index is 0.296. The second kappa shape index (κ2) is 5.11. The Kier molecular flexibility index (Phi) is 3.26. The standard InChI is InChI=1S/C16H16N4O2/c1-8-6-10(4-5-12(8)21-3)13-11(7-17)15(18)20-16-14(13)19-9(2)22-16/h4-6,13,20H,18H2,1-3H3/t13-/m1/s1. The molecule has 0 bridgehead atoms. The Morgan fingerprint density at radius 1 is 1.41 bits per heavy atom. The Morgan fingerprint density at radius 2 is 2.18 bits per heavy atom. The summed E-state index contributed by atoms with van der Waals surface area (Å²) in [6.45, 7) is 3.72. The topological polar surface area (TPSA) is 97.1 Å². The zero-order chi connectivity index (χ0) is 15.9. The summed E-state index contributed by atoms with van der Waals surface area (Å²) >= 11 is 0. The number of nitriles is 1. The number of nitrogens with two attached hydrogens (primary N) is 1. The molecule has 1 aromatic heterocycles. The van der Waals surface area contributed by atoms with Gasteiger partial charge in [0.1, 0.15) is 17.3 Å². The molecule has 1 aliphatic rings. The molecule has 0 fully saturated rings. The zero-order valence-corrected chi connectivity index (χ0v) is 12.6. The largest absolute Gasteiger partial charge is 0.496 e. The van der Waals surface area contributed by atoms with E-state index in [1.165, 1.54) is 0 Å². The van der Waals surface area contributed by atoms with Crippen molar-refractivity contribution >= 4 is 5.88 Å². The number of methoxy groups -OCH3 is 1. The summed E-state index contributed by atoms with van der Waals surface area (Å²) in [6.07, 6.45) is 0. The molecule has 0 saturated heterocycles. The number of fused-ring (bicyclic) bond motifs is 1. The molecule has 0 saturated carbocycles. The van der Waals surface area contributed by atoms with Gasteiger partial charge in [0.05, 0.1) is 24.7 Å². The van der Waals surface area contributed by atoms with Gasteiger partial charge in [-0.05, 0) is 24.1 Å². The fraction of sp³-hybridized carbons (Fsp3) is 0.250. The number of nitrogens with zero attached hydrogens (tertiary/aromatic N) is 2. The van der Waals surface area contributed by atoms with Crippen LogP contribution in [-0.2, 0) is 0 Å². The van der Waals surface area contributed by atoms with Gasteiger partial charge >= 0.3 is 0 Å². The average Bonchev–Trinajstić information content (AvgIpc) is 2.85. The highest BCUT2D eigenvalue weighted by molar-refractivity contribution is 5.61. The smallest absolute Gasteiger partial charge is 0.223 e. The first-order valence-corrected chi connectivity index (χ1v) is 6.83. The van der Waals surface area contributed by atoms with Crippen LogP contribution in [0.2, 0.25) is 0 Å². The minimum atomic E-state index is -0.344. The number of nitrogens with one attached hydrogen (secondary N) is 1. The fourth-order valence-corrected chi connectivity index (χ4v) is 2.74. The van der Waals surface area contributed by atoms with Crippen LogP contribution in [0.25, 0.3) is 0 Å². The molecule has 0 aliphatic carbocycles. The number of aryl methyl sites for hydroxylation is 2. The summed E-state index contributed by atoms with van der Waals surface area (Å²) < 4.78 is 10.8. The van der Waals surface area contributed by atoms with Gasteiger partial charge in [0.15, 0.2) is 5.89 Å². The molecule has 3 N–H and O–H groups in total. The molecular formula is C16H16N4O2. The summed E-state index contributed by atoms with van der Waals surface area (Å²) in [4.78, 5) is 4.41. The van der Waals surface area contributed by atoms with Crippen LogP contribution >= 0.6 is 0 Å². The van der Waals surface area contributed by atoms with Crippen LogP contribution in [-0.4, -0.2) is 12.1 Å². The summed E-state index contributed by atoms with van der Waals surface area (Å²) in [5, 5.41) is 12.4. The van der Waals surface area contributed by atoms with Crippen molar-refractivity contribution in [3.63, 3.8) is 0 Å². The Balaban J connectivity index is 2.18. The highest BCUT2D eigenvalue weighted by Gasteiger charge is 2.33. The van der Waals surface area contributed by atoms with E-state index in [4.69, 9.17) is 14.9 Å². The molecule has 2 aromatic rings. The van der Waals surface area contributed by atoms with E-state index in [9.17, 15) is 5.26 Å². The fourth-order valence-electron chi connectivity index (χ4n) is 2.74. The van der Waals surface area contributed by atoms with Gasteiger partial charge in [-0.3, -0.25) is 0 Å². The molecule has 1 atom stereocenters. The van der Waals surface area contributed by atoms with Crippen molar-refractivity contribution in [3.05, 3.63) is 52.3 Å². The van der Waals surface area contributed by atoms with Gasteiger partial charge in [0.2, 0.25) is 5.88 Å². The van der Waals surface area contributed by atoms with Crippen LogP contribution in [0.3, 0.4) is 0 Å². The van der Waals surface area contributed by atoms with Gasteiger partial charge in [0, 0.05) is 6.92 Å². The molecule has 1 aliphatic heterocycles. The maximum absolute atomic E-state index is 9.48. The van der Waals surface area contributed by atoms with Crippen molar-refractivity contribution in [3.8, 4) is 11.8 Å². The van der Waals surface area contributed by atoms with Crippen molar-refractivity contribution in [2.75, 3.05) is 12.4 Å². The molecular weight excluding hydrogens is 280 g/mol. The third kappa shape index (κ3) is 2.07. The van der Waals surface area contributed by atoms with E-state index in [2.05, 4.69) is 16.4 Å². The lowest BCUT2D eigenvalue weighted by atomic mass is 9.86. The normalized spacial score (nSPS) is 16.7. The van der Waals surface area contributed by atoms with Crippen molar-refractivity contribution in [2.24, 2.45) is 5.73 Å². The predicted molar refractivity (Wildman–Crippen MR) is 81.3 cm³/mol. The van der Waals surface area contributed by atoms with E-state index < -0.39 is 0 Å². The second-order valence-electron chi connectivity index (χ2n) is 5.17. The summed E-state index contributed by atoms with van der Waals surface area (Å²) in [7, 11) is 1.63. The lowest BCUT2D eigenvalue weighted by molar-refractivity contribution is 0.411. The lowest BCUT2D eigenvalue weighted by Gasteiger charge is -2.23. The average molecular weight is 296 g/mol. The van der Waals surface area contributed by atoms with Gasteiger partial charge in [-0.2, -0.15) is 5.26 Å². The highest BCUT2D eigenvalue weighted by atomic mass is 16.5. The highest BCUT2D eigenvalue weighted by Crippen LogP contribution is 2.41. The third-order valence-corrected chi connectivity index (χ3v) is 3.73. The molecule has 6 heteroatoms. The minimum Gasteiger partial charge on any atom is -0.496 e. The molecule has 0 radical (unpaired) electrons. The van der Waals surface area contributed by atoms with Gasteiger partial charge in [-0.1, -0.05) is 12.1 Å². The van der Waals surface area contributed by atoms with Crippen molar-refractivity contribution in [1.82, 2.24) is 4.98 Å². The first kappa shape index (κ1) is 14.0. The quantitative estimate of drug-likeness (QED) is 0.884. The maximum Gasteiger partial charge on any atom is 0.223 e. The van der Waals surface area contributed by atoms with Crippen LogP contribution in [0.1, 0.15) is 28.6 Å². The van der Waals surface area contributed by atoms with E-state index >= 15 is 0 Å². The number of hydrogen-bond donors (Lipinski definition) is 2. The Hall–Kier alpha value is -2.94. The van der Waals surface area contributed by atoms with Crippen LogP contribution in [0.4, 0.5) is 5.88 Å². The van der Waals surface area contributed by atoms with Crippen molar-refractivity contribution in [2.45, 2.75) is 19.8 Å².